The molecule has 0 aliphatic carbocycles. The van der Waals surface area contributed by atoms with Gasteiger partial charge in [-0.1, -0.05) is 17.7 Å². The van der Waals surface area contributed by atoms with Crippen LogP contribution in [0.4, 0.5) is 0 Å². The number of aromatic nitrogens is 2. The Labute approximate surface area is 113 Å². The molecule has 1 aromatic heterocycles. The van der Waals surface area contributed by atoms with E-state index in [0.717, 1.165) is 16.8 Å². The lowest BCUT2D eigenvalue weighted by Crippen LogP contribution is -2.04. The summed E-state index contributed by atoms with van der Waals surface area (Å²) in [6.07, 6.45) is 1.95. The Bertz CT molecular complexity index is 547. The second-order valence-electron chi connectivity index (χ2n) is 4.94. The van der Waals surface area contributed by atoms with Crippen LogP contribution in [0.5, 0.6) is 5.75 Å². The van der Waals surface area contributed by atoms with E-state index in [1.807, 2.05) is 42.1 Å². The van der Waals surface area contributed by atoms with E-state index in [9.17, 15) is 5.11 Å². The Morgan fingerprint density at radius 1 is 1.32 bits per heavy atom. The molecule has 0 saturated heterocycles. The summed E-state index contributed by atoms with van der Waals surface area (Å²) in [6, 6.07) is 8.09. The smallest absolute Gasteiger partial charge is 0.132 e. The molecular formula is C15H20N2O2. The molecule has 2 aromatic rings. The summed E-state index contributed by atoms with van der Waals surface area (Å²) in [6.45, 7) is 6.56. The zero-order chi connectivity index (χ0) is 13.8. The van der Waals surface area contributed by atoms with Crippen LogP contribution < -0.4 is 4.74 Å². The summed E-state index contributed by atoms with van der Waals surface area (Å²) >= 11 is 0. The minimum atomic E-state index is -0.0164. The number of hydrogen-bond donors (Lipinski definition) is 1. The third-order valence-electron chi connectivity index (χ3n) is 2.95. The summed E-state index contributed by atoms with van der Waals surface area (Å²) < 4.78 is 7.63. The molecule has 0 atom stereocenters. The topological polar surface area (TPSA) is 47.3 Å². The van der Waals surface area contributed by atoms with Gasteiger partial charge in [-0.15, -0.1) is 0 Å². The monoisotopic (exact) mass is 260 g/mol. The zero-order valence-corrected chi connectivity index (χ0v) is 11.6. The average Bonchev–Trinajstić information content (AvgIpc) is 2.86. The number of ether oxygens (including phenoxy) is 1. The van der Waals surface area contributed by atoms with Gasteiger partial charge in [-0.05, 0) is 32.9 Å². The van der Waals surface area contributed by atoms with Crippen LogP contribution in [0, 0.1) is 6.92 Å². The van der Waals surface area contributed by atoms with E-state index in [-0.39, 0.29) is 6.61 Å². The summed E-state index contributed by atoms with van der Waals surface area (Å²) in [4.78, 5) is 0. The maximum atomic E-state index is 9.32. The van der Waals surface area contributed by atoms with Crippen LogP contribution in [0.3, 0.4) is 0 Å². The molecule has 0 aliphatic heterocycles. The van der Waals surface area contributed by atoms with Gasteiger partial charge in [0.25, 0.3) is 0 Å². The van der Waals surface area contributed by atoms with E-state index in [1.165, 1.54) is 0 Å². The Morgan fingerprint density at radius 2 is 2.11 bits per heavy atom. The molecule has 0 saturated carbocycles. The van der Waals surface area contributed by atoms with Crippen LogP contribution in [0.25, 0.3) is 0 Å². The number of benzene rings is 1. The average molecular weight is 260 g/mol. The molecule has 1 heterocycles. The highest BCUT2D eigenvalue weighted by molar-refractivity contribution is 5.36. The fourth-order valence-electron chi connectivity index (χ4n) is 1.87. The van der Waals surface area contributed by atoms with Crippen molar-refractivity contribution in [1.82, 2.24) is 9.78 Å². The number of aryl methyl sites for hydroxylation is 1. The molecule has 0 radical (unpaired) electrons. The maximum absolute atomic E-state index is 9.32. The van der Waals surface area contributed by atoms with Crippen LogP contribution in [-0.4, -0.2) is 14.9 Å². The van der Waals surface area contributed by atoms with Gasteiger partial charge in [0, 0.05) is 17.8 Å². The first-order valence-corrected chi connectivity index (χ1v) is 6.47. The first-order chi connectivity index (χ1) is 9.10. The number of nitrogens with zero attached hydrogens (tertiary/aromatic N) is 2. The Hall–Kier alpha value is -1.81. The SMILES string of the molecule is Cc1ccc(OCc2ccn(C(C)C)n2)c(CO)c1. The van der Waals surface area contributed by atoms with Gasteiger partial charge in [-0.2, -0.15) is 5.10 Å². The van der Waals surface area contributed by atoms with Crippen molar-refractivity contribution in [3.8, 4) is 5.75 Å². The largest absolute Gasteiger partial charge is 0.487 e. The van der Waals surface area contributed by atoms with Gasteiger partial charge in [0.2, 0.25) is 0 Å². The number of aliphatic hydroxyl groups excluding tert-OH is 1. The molecule has 19 heavy (non-hydrogen) atoms. The van der Waals surface area contributed by atoms with Gasteiger partial charge in [-0.3, -0.25) is 4.68 Å². The number of aliphatic hydroxyl groups is 1. The van der Waals surface area contributed by atoms with Crippen molar-refractivity contribution in [3.63, 3.8) is 0 Å². The van der Waals surface area contributed by atoms with E-state index in [4.69, 9.17) is 4.74 Å². The molecule has 4 heteroatoms. The van der Waals surface area contributed by atoms with Gasteiger partial charge in [-0.25, -0.2) is 0 Å². The lowest BCUT2D eigenvalue weighted by Gasteiger charge is -2.10. The molecule has 4 nitrogen and oxygen atoms in total. The van der Waals surface area contributed by atoms with E-state index in [0.29, 0.717) is 18.4 Å². The van der Waals surface area contributed by atoms with Gasteiger partial charge in [0.1, 0.15) is 12.4 Å². The minimum absolute atomic E-state index is 0.0164. The molecule has 0 fully saturated rings. The summed E-state index contributed by atoms with van der Waals surface area (Å²) in [7, 11) is 0. The molecule has 0 aliphatic rings. The highest BCUT2D eigenvalue weighted by atomic mass is 16.5. The third-order valence-corrected chi connectivity index (χ3v) is 2.95. The normalized spacial score (nSPS) is 11.0. The van der Waals surface area contributed by atoms with Crippen LogP contribution in [0.15, 0.2) is 30.5 Å². The van der Waals surface area contributed by atoms with Crippen LogP contribution in [0.1, 0.15) is 36.7 Å². The minimum Gasteiger partial charge on any atom is -0.487 e. The summed E-state index contributed by atoms with van der Waals surface area (Å²) in [5.41, 5.74) is 2.81. The molecule has 1 N–H and O–H groups in total. The predicted molar refractivity (Wildman–Crippen MR) is 74.0 cm³/mol. The van der Waals surface area contributed by atoms with Crippen LogP contribution >= 0.6 is 0 Å². The van der Waals surface area contributed by atoms with Crippen molar-refractivity contribution >= 4 is 0 Å². The van der Waals surface area contributed by atoms with Gasteiger partial charge >= 0.3 is 0 Å². The van der Waals surface area contributed by atoms with Gasteiger partial charge in [0.05, 0.1) is 12.3 Å². The second-order valence-corrected chi connectivity index (χ2v) is 4.94. The van der Waals surface area contributed by atoms with E-state index < -0.39 is 0 Å². The van der Waals surface area contributed by atoms with Crippen molar-refractivity contribution < 1.29 is 9.84 Å². The van der Waals surface area contributed by atoms with Crippen LogP contribution in [0.2, 0.25) is 0 Å². The molecular weight excluding hydrogens is 240 g/mol. The molecule has 2 rings (SSSR count). The summed E-state index contributed by atoms with van der Waals surface area (Å²) in [5.74, 6) is 0.715. The third kappa shape index (κ3) is 3.35. The predicted octanol–water partition coefficient (Wildman–Crippen LogP) is 2.84. The van der Waals surface area contributed by atoms with E-state index >= 15 is 0 Å². The highest BCUT2D eigenvalue weighted by Gasteiger charge is 2.06. The molecule has 102 valence electrons. The van der Waals surface area contributed by atoms with Crippen molar-refractivity contribution in [3.05, 3.63) is 47.3 Å². The quantitative estimate of drug-likeness (QED) is 0.899. The molecule has 1 aromatic carbocycles. The van der Waals surface area contributed by atoms with Crippen molar-refractivity contribution in [2.45, 2.75) is 40.0 Å². The molecule has 0 amide bonds. The molecule has 0 unspecified atom stereocenters. The lowest BCUT2D eigenvalue weighted by molar-refractivity contribution is 0.256. The number of hydrogen-bond acceptors (Lipinski definition) is 3. The first kappa shape index (κ1) is 13.6. The van der Waals surface area contributed by atoms with E-state index in [1.54, 1.807) is 0 Å². The van der Waals surface area contributed by atoms with Crippen molar-refractivity contribution in [2.75, 3.05) is 0 Å². The fraction of sp³-hybridized carbons (Fsp3) is 0.400. The fourth-order valence-corrected chi connectivity index (χ4v) is 1.87. The Morgan fingerprint density at radius 3 is 2.74 bits per heavy atom. The van der Waals surface area contributed by atoms with Crippen molar-refractivity contribution in [2.24, 2.45) is 0 Å². The molecule has 0 spiro atoms. The van der Waals surface area contributed by atoms with Crippen molar-refractivity contribution in [1.29, 1.82) is 0 Å². The second kappa shape index (κ2) is 5.89. The maximum Gasteiger partial charge on any atom is 0.132 e. The Kier molecular flexibility index (Phi) is 4.22. The summed E-state index contributed by atoms with van der Waals surface area (Å²) in [5, 5.41) is 13.7. The zero-order valence-electron chi connectivity index (χ0n) is 11.6. The first-order valence-electron chi connectivity index (χ1n) is 6.47. The standard InChI is InChI=1S/C15H20N2O2/c1-11(2)17-7-6-14(16-17)10-19-15-5-4-12(3)8-13(15)9-18/h4-8,11,18H,9-10H2,1-3H3. The molecule has 0 bridgehead atoms. The van der Waals surface area contributed by atoms with Gasteiger partial charge < -0.3 is 9.84 Å². The van der Waals surface area contributed by atoms with Gasteiger partial charge in [0.15, 0.2) is 0 Å². The number of rotatable bonds is 5. The Balaban J connectivity index is 2.05. The van der Waals surface area contributed by atoms with E-state index in [2.05, 4.69) is 18.9 Å². The lowest BCUT2D eigenvalue weighted by atomic mass is 10.1. The van der Waals surface area contributed by atoms with Crippen LogP contribution in [-0.2, 0) is 13.2 Å². The highest BCUT2D eigenvalue weighted by Crippen LogP contribution is 2.21.